The van der Waals surface area contributed by atoms with E-state index >= 15 is 0 Å². The van der Waals surface area contributed by atoms with Crippen molar-refractivity contribution in [3.63, 3.8) is 0 Å². The van der Waals surface area contributed by atoms with Gasteiger partial charge in [0.1, 0.15) is 0 Å². The van der Waals surface area contributed by atoms with E-state index in [1.807, 2.05) is 0 Å². The number of benzene rings is 3. The summed E-state index contributed by atoms with van der Waals surface area (Å²) in [5, 5.41) is 9.41. The maximum absolute atomic E-state index is 13.4. The van der Waals surface area contributed by atoms with Crippen LogP contribution in [0.4, 0.5) is 11.4 Å². The minimum atomic E-state index is -1.12. The molecule has 1 fully saturated rings. The average Bonchev–Trinajstić information content (AvgIpc) is 3.80. The Kier molecular flexibility index (Phi) is 7.55. The monoisotopic (exact) mass is 601 g/mol. The molecule has 0 bridgehead atoms. The van der Waals surface area contributed by atoms with Crippen LogP contribution in [0.2, 0.25) is 0 Å². The Morgan fingerprint density at radius 1 is 0.932 bits per heavy atom. The first-order chi connectivity index (χ1) is 21.4. The highest BCUT2D eigenvalue weighted by Gasteiger charge is 2.42. The Morgan fingerprint density at radius 2 is 1.75 bits per heavy atom. The molecule has 7 rings (SSSR count). The number of nitrogens with zero attached hydrogens (tertiary/aromatic N) is 1. The van der Waals surface area contributed by atoms with E-state index in [4.69, 9.17) is 0 Å². The zero-order valence-corrected chi connectivity index (χ0v) is 25.7. The van der Waals surface area contributed by atoms with E-state index in [1.165, 1.54) is 66.4 Å². The lowest BCUT2D eigenvalue weighted by atomic mass is 9.95. The predicted octanol–water partition coefficient (Wildman–Crippen LogP) is 9.49. The highest BCUT2D eigenvalue weighted by Crippen LogP contribution is 2.53. The molecule has 2 unspecified atom stereocenters. The number of aromatic carboxylic acids is 1. The number of allylic oxidation sites excluding steroid dienone is 1. The number of aryl methyl sites for hydroxylation is 1. The first-order valence-corrected chi connectivity index (χ1v) is 16.6. The lowest BCUT2D eigenvalue weighted by molar-refractivity contribution is 0.0696. The van der Waals surface area contributed by atoms with Crippen LogP contribution >= 0.6 is 11.3 Å². The molecule has 0 amide bonds. The molecule has 1 aliphatic heterocycles. The Labute approximate surface area is 261 Å². The van der Waals surface area contributed by atoms with Gasteiger partial charge in [0.2, 0.25) is 0 Å². The number of Topliss-reactive ketones (excluding diaryl/α,β-unsaturated/α-hetero) is 2. The third-order valence-corrected chi connectivity index (χ3v) is 10.7. The number of hydrogen-bond acceptors (Lipinski definition) is 5. The van der Waals surface area contributed by atoms with Crippen molar-refractivity contribution in [2.24, 2.45) is 0 Å². The number of unbranched alkanes of at least 4 members (excludes halogenated alkanes) is 3. The number of carboxylic acid groups (broad SMARTS) is 1. The van der Waals surface area contributed by atoms with Crippen molar-refractivity contribution in [1.82, 2.24) is 0 Å². The van der Waals surface area contributed by atoms with E-state index in [0.717, 1.165) is 41.0 Å². The quantitative estimate of drug-likeness (QED) is 0.117. The molecule has 44 heavy (non-hydrogen) atoms. The molecule has 2 heterocycles. The van der Waals surface area contributed by atoms with Crippen molar-refractivity contribution in [1.29, 1.82) is 0 Å². The lowest BCUT2D eigenvalue weighted by Crippen LogP contribution is -2.26. The van der Waals surface area contributed by atoms with E-state index in [-0.39, 0.29) is 28.0 Å². The van der Waals surface area contributed by atoms with Gasteiger partial charge in [-0.3, -0.25) is 9.59 Å². The average molecular weight is 602 g/mol. The van der Waals surface area contributed by atoms with Gasteiger partial charge >= 0.3 is 5.97 Å². The van der Waals surface area contributed by atoms with Gasteiger partial charge in [-0.15, -0.1) is 11.3 Å². The highest BCUT2D eigenvalue weighted by molar-refractivity contribution is 7.16. The molecular weight excluding hydrogens is 566 g/mol. The fourth-order valence-electron chi connectivity index (χ4n) is 7.30. The molecule has 0 radical (unpaired) electrons. The molecular formula is C38H35NO4S. The maximum Gasteiger partial charge on any atom is 0.335 e. The summed E-state index contributed by atoms with van der Waals surface area (Å²) in [6, 6.07) is 24.5. The van der Waals surface area contributed by atoms with Gasteiger partial charge < -0.3 is 10.0 Å². The molecule has 2 atom stereocenters. The summed E-state index contributed by atoms with van der Waals surface area (Å²) in [6.45, 7) is 2.20. The number of carbonyl (C=O) groups excluding carboxylic acids is 2. The number of hydrogen-bond donors (Lipinski definition) is 1. The van der Waals surface area contributed by atoms with Crippen molar-refractivity contribution < 1.29 is 19.5 Å². The van der Waals surface area contributed by atoms with Crippen molar-refractivity contribution in [3.8, 4) is 10.4 Å². The summed E-state index contributed by atoms with van der Waals surface area (Å²) in [6.07, 6.45) is 10.8. The predicted molar refractivity (Wildman–Crippen MR) is 177 cm³/mol. The summed E-state index contributed by atoms with van der Waals surface area (Å²) in [7, 11) is 0. The summed E-state index contributed by atoms with van der Waals surface area (Å²) in [5.41, 5.74) is 6.87. The zero-order chi connectivity index (χ0) is 30.4. The number of rotatable bonds is 9. The largest absolute Gasteiger partial charge is 0.478 e. The molecule has 222 valence electrons. The van der Waals surface area contributed by atoms with E-state index in [1.54, 1.807) is 17.4 Å². The van der Waals surface area contributed by atoms with Crippen LogP contribution in [0.15, 0.2) is 78.4 Å². The van der Waals surface area contributed by atoms with Crippen LogP contribution in [0.3, 0.4) is 0 Å². The molecule has 5 nitrogen and oxygen atoms in total. The van der Waals surface area contributed by atoms with Crippen LogP contribution in [0.1, 0.15) is 105 Å². The number of carboxylic acids is 1. The minimum absolute atomic E-state index is 0.00751. The molecule has 1 saturated carbocycles. The molecule has 0 spiro atoms. The van der Waals surface area contributed by atoms with Crippen LogP contribution in [0, 0.1) is 0 Å². The van der Waals surface area contributed by atoms with E-state index in [2.05, 4.69) is 66.4 Å². The smallest absolute Gasteiger partial charge is 0.335 e. The number of para-hydroxylation sites is 1. The Bertz CT molecular complexity index is 1820. The van der Waals surface area contributed by atoms with Crippen molar-refractivity contribution in [2.75, 3.05) is 4.90 Å². The second kappa shape index (κ2) is 11.7. The molecule has 3 aromatic carbocycles. The number of carbonyl (C=O) groups is 3. The molecule has 3 aliphatic rings. The molecule has 2 aliphatic carbocycles. The van der Waals surface area contributed by atoms with Gasteiger partial charge in [0.25, 0.3) is 0 Å². The number of anilines is 2. The van der Waals surface area contributed by atoms with E-state index < -0.39 is 11.8 Å². The van der Waals surface area contributed by atoms with Gasteiger partial charge in [-0.25, -0.2) is 4.79 Å². The fraction of sp³-hybridized carbons (Fsp3) is 0.289. The molecule has 4 aromatic rings. The van der Waals surface area contributed by atoms with Gasteiger partial charge in [0, 0.05) is 44.2 Å². The second-order valence-electron chi connectivity index (χ2n) is 12.2. The Hall–Kier alpha value is -4.29. The summed E-state index contributed by atoms with van der Waals surface area (Å²) in [4.78, 5) is 42.8. The second-order valence-corrected chi connectivity index (χ2v) is 13.3. The normalized spacial score (nSPS) is 19.5. The summed E-state index contributed by atoms with van der Waals surface area (Å²) in [5.74, 6) is -1.33. The standard InChI is InChI=1S/C38H35NO4S/c1-2-3-4-6-10-23-21-34(44-35(23)22-31-36(40)28-17-15-25(38(42)43)20-30(28)37(31)41)24-16-18-33-29(19-24)27-13-9-14-32(27)39(33)26-11-7-5-8-12-26/h5,7-8,11-12,15-22,27,32H,2-4,6,9-10,13-14H2,1H3,(H,42,43)/b31-22+. The van der Waals surface area contributed by atoms with Gasteiger partial charge in [0.15, 0.2) is 11.6 Å². The van der Waals surface area contributed by atoms with Crippen LogP contribution in [-0.2, 0) is 6.42 Å². The third-order valence-electron chi connectivity index (χ3n) is 9.48. The van der Waals surface area contributed by atoms with Crippen LogP contribution in [-0.4, -0.2) is 28.7 Å². The Morgan fingerprint density at radius 3 is 2.55 bits per heavy atom. The van der Waals surface area contributed by atoms with Crippen LogP contribution < -0.4 is 4.90 Å². The first kappa shape index (κ1) is 28.5. The molecule has 6 heteroatoms. The molecule has 1 aromatic heterocycles. The fourth-order valence-corrected chi connectivity index (χ4v) is 8.45. The van der Waals surface area contributed by atoms with Gasteiger partial charge in [0.05, 0.1) is 11.1 Å². The number of thiophene rings is 1. The minimum Gasteiger partial charge on any atom is -0.478 e. The third kappa shape index (κ3) is 4.91. The zero-order valence-electron chi connectivity index (χ0n) is 24.8. The lowest BCUT2D eigenvalue weighted by Gasteiger charge is -2.27. The molecule has 0 saturated heterocycles. The topological polar surface area (TPSA) is 74.7 Å². The number of fused-ring (bicyclic) bond motifs is 4. The van der Waals surface area contributed by atoms with Gasteiger partial charge in [-0.05, 0) is 97.0 Å². The van der Waals surface area contributed by atoms with E-state index in [0.29, 0.717) is 12.0 Å². The SMILES string of the molecule is CCCCCCc1cc(-c2ccc3c(c2)C2CCCC2N3c2ccccc2)sc1/C=C1\C(=O)c2ccc(C(=O)O)cc2C1=O. The van der Waals surface area contributed by atoms with Crippen molar-refractivity contribution in [2.45, 2.75) is 70.3 Å². The highest BCUT2D eigenvalue weighted by atomic mass is 32.1. The first-order valence-electron chi connectivity index (χ1n) is 15.7. The van der Waals surface area contributed by atoms with Crippen molar-refractivity contribution >= 4 is 46.3 Å². The van der Waals surface area contributed by atoms with Crippen LogP contribution in [0.5, 0.6) is 0 Å². The van der Waals surface area contributed by atoms with Crippen molar-refractivity contribution in [3.05, 3.63) is 111 Å². The molecule has 1 N–H and O–H groups in total. The maximum atomic E-state index is 13.4. The van der Waals surface area contributed by atoms with Gasteiger partial charge in [-0.2, -0.15) is 0 Å². The number of ketones is 2. The van der Waals surface area contributed by atoms with Crippen LogP contribution in [0.25, 0.3) is 16.5 Å². The Balaban J connectivity index is 1.26. The van der Waals surface area contributed by atoms with Gasteiger partial charge in [-0.1, -0.05) is 56.9 Å². The van der Waals surface area contributed by atoms with E-state index in [9.17, 15) is 19.5 Å². The summed E-state index contributed by atoms with van der Waals surface area (Å²) < 4.78 is 0. The summed E-state index contributed by atoms with van der Waals surface area (Å²) >= 11 is 1.63.